The van der Waals surface area contributed by atoms with Gasteiger partial charge < -0.3 is 10.1 Å². The summed E-state index contributed by atoms with van der Waals surface area (Å²) in [5.41, 5.74) is 0.174. The number of hydrogen-bond acceptors (Lipinski definition) is 4. The van der Waals surface area contributed by atoms with Crippen LogP contribution in [-0.2, 0) is 17.9 Å². The third-order valence-electron chi connectivity index (χ3n) is 7.25. The molecule has 0 saturated heterocycles. The van der Waals surface area contributed by atoms with Crippen LogP contribution in [-0.4, -0.2) is 30.2 Å². The molecule has 8 nitrogen and oxygen atoms in total. The van der Waals surface area contributed by atoms with Crippen molar-refractivity contribution in [3.05, 3.63) is 26.7 Å². The Kier molecular flexibility index (Phi) is 3.83. The fraction of sp³-hybridized carbons (Fsp3) is 0.700. The van der Waals surface area contributed by atoms with E-state index in [-0.39, 0.29) is 34.9 Å². The molecule has 0 radical (unpaired) electrons. The van der Waals surface area contributed by atoms with Gasteiger partial charge >= 0.3 is 11.7 Å². The molecular formula is C20H26N4O4. The van der Waals surface area contributed by atoms with Gasteiger partial charge in [0.15, 0.2) is 5.65 Å². The topological polar surface area (TPSA) is 110 Å². The third kappa shape index (κ3) is 2.17. The Balaban J connectivity index is 1.66. The number of carbonyl (C=O) groups is 1. The number of hydrogen-bond donors (Lipinski definition) is 2. The van der Waals surface area contributed by atoms with Gasteiger partial charge in [0.25, 0.3) is 5.56 Å². The number of aliphatic carboxylic acids is 1. The normalized spacial score (nSPS) is 32.8. The number of aromatic amines is 1. The zero-order chi connectivity index (χ0) is 19.7. The fourth-order valence-electron chi connectivity index (χ4n) is 6.28. The first-order valence-electron chi connectivity index (χ1n) is 10.5. The van der Waals surface area contributed by atoms with Gasteiger partial charge in [0.1, 0.15) is 11.3 Å². The minimum Gasteiger partial charge on any atom is -0.481 e. The van der Waals surface area contributed by atoms with Crippen LogP contribution in [0.2, 0.25) is 0 Å². The van der Waals surface area contributed by atoms with Crippen molar-refractivity contribution >= 4 is 17.1 Å². The van der Waals surface area contributed by atoms with Crippen molar-refractivity contribution in [2.24, 2.45) is 29.6 Å². The summed E-state index contributed by atoms with van der Waals surface area (Å²) in [6, 6.07) is 0. The molecule has 4 fully saturated rings. The molecule has 0 amide bonds. The molecule has 4 bridgehead atoms. The average Bonchev–Trinajstić information content (AvgIpc) is 3.09. The van der Waals surface area contributed by atoms with Crippen molar-refractivity contribution in [1.29, 1.82) is 0 Å². The minimum atomic E-state index is -0.700. The van der Waals surface area contributed by atoms with Crippen molar-refractivity contribution in [2.75, 3.05) is 0 Å². The summed E-state index contributed by atoms with van der Waals surface area (Å²) >= 11 is 0. The van der Waals surface area contributed by atoms with Crippen LogP contribution in [0, 0.1) is 29.6 Å². The van der Waals surface area contributed by atoms with Crippen molar-refractivity contribution in [1.82, 2.24) is 19.1 Å². The second-order valence-corrected chi connectivity index (χ2v) is 8.66. The summed E-state index contributed by atoms with van der Waals surface area (Å²) < 4.78 is 2.89. The number of H-pyrrole nitrogens is 1. The lowest BCUT2D eigenvalue weighted by Crippen LogP contribution is -2.40. The Morgan fingerprint density at radius 3 is 2.43 bits per heavy atom. The molecular weight excluding hydrogens is 360 g/mol. The number of rotatable bonds is 6. The number of nitrogens with one attached hydrogen (secondary N) is 1. The highest BCUT2D eigenvalue weighted by molar-refractivity contribution is 5.74. The van der Waals surface area contributed by atoms with E-state index in [2.05, 4.69) is 4.98 Å². The molecule has 28 heavy (non-hydrogen) atoms. The maximum absolute atomic E-state index is 12.9. The van der Waals surface area contributed by atoms with Crippen LogP contribution >= 0.6 is 0 Å². The first kappa shape index (κ1) is 17.7. The molecule has 0 aliphatic heterocycles. The Hall–Kier alpha value is -2.38. The standard InChI is InChI=1S/C20H26N4O4/c1-3-7-23-17-15(18(25)24(8-4-2)20(23)28)21-16(22-17)13-10-6-5-9-11(13)12(9)14(10)19(26)27/h9-14H,3-8H2,1-2H3,(H,21,22)(H,26,27). The van der Waals surface area contributed by atoms with Gasteiger partial charge in [-0.15, -0.1) is 0 Å². The van der Waals surface area contributed by atoms with Crippen molar-refractivity contribution in [3.63, 3.8) is 0 Å². The van der Waals surface area contributed by atoms with Crippen molar-refractivity contribution in [3.8, 4) is 0 Å². The first-order valence-corrected chi connectivity index (χ1v) is 10.5. The van der Waals surface area contributed by atoms with E-state index in [0.29, 0.717) is 48.3 Å². The monoisotopic (exact) mass is 386 g/mol. The molecule has 2 N–H and O–H groups in total. The molecule has 4 saturated carbocycles. The number of nitrogens with zero attached hydrogens (tertiary/aromatic N) is 3. The number of carboxylic acid groups (broad SMARTS) is 1. The van der Waals surface area contributed by atoms with E-state index in [1.165, 1.54) is 4.57 Å². The van der Waals surface area contributed by atoms with Crippen LogP contribution in [0.15, 0.2) is 9.59 Å². The van der Waals surface area contributed by atoms with E-state index in [9.17, 15) is 19.5 Å². The molecule has 2 heterocycles. The van der Waals surface area contributed by atoms with Crippen LogP contribution in [0.1, 0.15) is 51.3 Å². The second kappa shape index (κ2) is 6.06. The lowest BCUT2D eigenvalue weighted by Gasteiger charge is -2.32. The summed E-state index contributed by atoms with van der Waals surface area (Å²) in [6.45, 7) is 4.81. The third-order valence-corrected chi connectivity index (χ3v) is 7.25. The Labute approximate surface area is 161 Å². The zero-order valence-corrected chi connectivity index (χ0v) is 16.2. The van der Waals surface area contributed by atoms with Gasteiger partial charge in [-0.2, -0.15) is 0 Å². The van der Waals surface area contributed by atoms with Gasteiger partial charge in [0.2, 0.25) is 0 Å². The van der Waals surface area contributed by atoms with E-state index < -0.39 is 5.97 Å². The second-order valence-electron chi connectivity index (χ2n) is 8.66. The van der Waals surface area contributed by atoms with Crippen LogP contribution in [0.5, 0.6) is 0 Å². The molecule has 6 rings (SSSR count). The first-order chi connectivity index (χ1) is 13.5. The van der Waals surface area contributed by atoms with Crippen LogP contribution in [0.4, 0.5) is 0 Å². The lowest BCUT2D eigenvalue weighted by molar-refractivity contribution is -0.145. The van der Waals surface area contributed by atoms with E-state index in [1.807, 2.05) is 13.8 Å². The Morgan fingerprint density at radius 2 is 1.79 bits per heavy atom. The lowest BCUT2D eigenvalue weighted by atomic mass is 9.72. The molecule has 2 aromatic heterocycles. The quantitative estimate of drug-likeness (QED) is 0.786. The highest BCUT2D eigenvalue weighted by atomic mass is 16.4. The van der Waals surface area contributed by atoms with Gasteiger partial charge in [-0.1, -0.05) is 13.8 Å². The molecule has 2 aromatic rings. The summed E-state index contributed by atoms with van der Waals surface area (Å²) in [5, 5.41) is 9.70. The predicted molar refractivity (Wildman–Crippen MR) is 102 cm³/mol. The van der Waals surface area contributed by atoms with Gasteiger partial charge in [-0.3, -0.25) is 18.7 Å². The molecule has 150 valence electrons. The number of imidazole rings is 1. The SMILES string of the molecule is CCCn1c(=O)c2[nH]c(C3C4CCC5C(C4C(=O)O)C53)nc2n(CCC)c1=O. The molecule has 4 aliphatic rings. The van der Waals surface area contributed by atoms with Crippen LogP contribution in [0.3, 0.4) is 0 Å². The number of fused-ring (bicyclic) bond motifs is 2. The summed E-state index contributed by atoms with van der Waals surface area (Å²) in [7, 11) is 0. The van der Waals surface area contributed by atoms with Gasteiger partial charge in [-0.25, -0.2) is 9.78 Å². The largest absolute Gasteiger partial charge is 0.481 e. The zero-order valence-electron chi connectivity index (χ0n) is 16.2. The molecule has 4 aliphatic carbocycles. The minimum absolute atomic E-state index is 0.0569. The molecule has 6 unspecified atom stereocenters. The van der Waals surface area contributed by atoms with E-state index in [4.69, 9.17) is 4.98 Å². The number of aryl methyl sites for hydroxylation is 1. The molecule has 0 spiro atoms. The van der Waals surface area contributed by atoms with E-state index in [0.717, 1.165) is 19.3 Å². The van der Waals surface area contributed by atoms with E-state index in [1.54, 1.807) is 4.57 Å². The molecule has 6 atom stereocenters. The van der Waals surface area contributed by atoms with Crippen molar-refractivity contribution in [2.45, 2.75) is 58.5 Å². The van der Waals surface area contributed by atoms with Crippen molar-refractivity contribution < 1.29 is 9.90 Å². The highest BCUT2D eigenvalue weighted by Crippen LogP contribution is 2.74. The molecule has 8 heteroatoms. The number of carboxylic acids is 1. The van der Waals surface area contributed by atoms with Crippen LogP contribution < -0.4 is 11.2 Å². The Morgan fingerprint density at radius 1 is 1.11 bits per heavy atom. The fourth-order valence-corrected chi connectivity index (χ4v) is 6.28. The van der Waals surface area contributed by atoms with Gasteiger partial charge in [-0.05, 0) is 49.4 Å². The average molecular weight is 386 g/mol. The van der Waals surface area contributed by atoms with Crippen LogP contribution in [0.25, 0.3) is 11.2 Å². The summed E-state index contributed by atoms with van der Waals surface area (Å²) in [6.07, 6.45) is 3.47. The summed E-state index contributed by atoms with van der Waals surface area (Å²) in [4.78, 5) is 45.5. The molecule has 0 aromatic carbocycles. The number of aromatic nitrogens is 4. The smallest absolute Gasteiger partial charge is 0.332 e. The Bertz CT molecular complexity index is 1080. The maximum atomic E-state index is 12.9. The van der Waals surface area contributed by atoms with Gasteiger partial charge in [0.05, 0.1) is 5.92 Å². The van der Waals surface area contributed by atoms with E-state index >= 15 is 0 Å². The van der Waals surface area contributed by atoms with Gasteiger partial charge in [0, 0.05) is 19.0 Å². The highest BCUT2D eigenvalue weighted by Gasteiger charge is 2.72. The predicted octanol–water partition coefficient (Wildman–Crippen LogP) is 1.78. The summed E-state index contributed by atoms with van der Waals surface area (Å²) in [5.74, 6) is 0.915. The maximum Gasteiger partial charge on any atom is 0.332 e.